The SMILES string of the molecule is NC(=O)c1nn(-c2ccc(NC(=O)COCCOCCNc3cccc4c3C(=O)N(C3CCC(=O)NC3=O)C4O)cc2)cc1NC(=O)c1coc(-c2ccnc(NCC3CC3)c2)n1. The molecule has 1 saturated carbocycles. The Kier molecular flexibility index (Phi) is 12.5. The van der Waals surface area contributed by atoms with E-state index in [1.54, 1.807) is 60.8 Å². The zero-order valence-electron chi connectivity index (χ0n) is 33.7. The van der Waals surface area contributed by atoms with Gasteiger partial charge in [-0.25, -0.2) is 14.6 Å². The molecule has 1 aliphatic carbocycles. The molecule has 326 valence electrons. The number of oxazole rings is 1. The van der Waals surface area contributed by atoms with Crippen LogP contribution in [0.25, 0.3) is 17.1 Å². The molecule has 1 saturated heterocycles. The third-order valence-corrected chi connectivity index (χ3v) is 10.4. The maximum Gasteiger partial charge on any atom is 0.277 e. The van der Waals surface area contributed by atoms with Gasteiger partial charge in [-0.15, -0.1) is 0 Å². The number of nitrogens with zero attached hydrogens (tertiary/aromatic N) is 5. The van der Waals surface area contributed by atoms with E-state index >= 15 is 0 Å². The summed E-state index contributed by atoms with van der Waals surface area (Å²) < 4.78 is 18.0. The van der Waals surface area contributed by atoms with Crippen LogP contribution < -0.4 is 32.3 Å². The van der Waals surface area contributed by atoms with Crippen molar-refractivity contribution in [2.75, 3.05) is 60.8 Å². The number of amides is 6. The Morgan fingerprint density at radius 2 is 1.76 bits per heavy atom. The summed E-state index contributed by atoms with van der Waals surface area (Å²) in [6.07, 6.45) is 5.53. The molecule has 2 unspecified atom stereocenters. The van der Waals surface area contributed by atoms with E-state index in [0.29, 0.717) is 46.5 Å². The van der Waals surface area contributed by atoms with E-state index in [9.17, 15) is 33.9 Å². The Bertz CT molecular complexity index is 2550. The number of imide groups is 1. The number of anilines is 4. The number of carbonyl (C=O) groups is 6. The molecule has 2 fully saturated rings. The van der Waals surface area contributed by atoms with Crippen LogP contribution in [0.5, 0.6) is 0 Å². The first-order chi connectivity index (χ1) is 30.5. The summed E-state index contributed by atoms with van der Waals surface area (Å²) in [5.41, 5.74) is 8.10. The molecule has 5 aromatic rings. The second-order valence-corrected chi connectivity index (χ2v) is 15.0. The van der Waals surface area contributed by atoms with E-state index in [4.69, 9.17) is 19.6 Å². The van der Waals surface area contributed by atoms with Crippen LogP contribution in [0.3, 0.4) is 0 Å². The van der Waals surface area contributed by atoms with Crippen molar-refractivity contribution in [3.8, 4) is 17.1 Å². The van der Waals surface area contributed by atoms with Crippen LogP contribution in [-0.2, 0) is 23.9 Å². The molecule has 0 spiro atoms. The molecule has 0 radical (unpaired) electrons. The quantitative estimate of drug-likeness (QED) is 0.0464. The lowest BCUT2D eigenvalue weighted by Crippen LogP contribution is -2.53. The number of hydrogen-bond acceptors (Lipinski definition) is 15. The molecular weight excluding hydrogens is 819 g/mol. The largest absolute Gasteiger partial charge is 0.444 e. The predicted molar refractivity (Wildman–Crippen MR) is 223 cm³/mol. The smallest absolute Gasteiger partial charge is 0.277 e. The molecule has 21 nitrogen and oxygen atoms in total. The minimum absolute atomic E-state index is 0.0285. The van der Waals surface area contributed by atoms with Gasteiger partial charge >= 0.3 is 0 Å². The van der Waals surface area contributed by atoms with E-state index in [-0.39, 0.29) is 67.8 Å². The number of ether oxygens (including phenoxy) is 2. The van der Waals surface area contributed by atoms with Crippen molar-refractivity contribution in [3.05, 3.63) is 95.8 Å². The third-order valence-electron chi connectivity index (χ3n) is 10.4. The van der Waals surface area contributed by atoms with Crippen LogP contribution >= 0.6 is 0 Å². The summed E-state index contributed by atoms with van der Waals surface area (Å²) in [5, 5.41) is 29.1. The Labute approximate surface area is 358 Å². The number of carbonyl (C=O) groups excluding carboxylic acids is 6. The number of nitrogens with two attached hydrogens (primary N) is 1. The van der Waals surface area contributed by atoms with E-state index in [1.165, 1.54) is 30.0 Å². The number of aliphatic hydroxyl groups excluding tert-OH is 1. The highest BCUT2D eigenvalue weighted by atomic mass is 16.5. The maximum absolute atomic E-state index is 13.3. The summed E-state index contributed by atoms with van der Waals surface area (Å²) in [7, 11) is 0. The second kappa shape index (κ2) is 18.6. The molecule has 2 aliphatic heterocycles. The van der Waals surface area contributed by atoms with Crippen LogP contribution in [0, 0.1) is 5.92 Å². The van der Waals surface area contributed by atoms with Crippen molar-refractivity contribution in [1.82, 2.24) is 30.0 Å². The number of nitrogens with one attached hydrogen (secondary N) is 5. The highest BCUT2D eigenvalue weighted by Gasteiger charge is 2.45. The van der Waals surface area contributed by atoms with Gasteiger partial charge in [0.05, 0.1) is 43.0 Å². The second-order valence-electron chi connectivity index (χ2n) is 15.0. The lowest BCUT2D eigenvalue weighted by atomic mass is 10.0. The standard InChI is InChI=1S/C42H43N11O10/c43-37(56)36-29(48-38(57)30-21-63-40(49-30)24-12-13-45-32(18-24)46-19-23-4-5-23)20-52(51-36)26-8-6-25(7-9-26)47-34(55)22-62-17-16-61-15-14-44-28-3-1-2-27-35(28)42(60)53(41(27)59)31-10-11-33(54)50-39(31)58/h1-3,6-9,12-13,18,20-21,23,31,41,44,59H,4-5,10-11,14-17,19,22H2,(H2,43,56)(H,45,46)(H,47,55)(H,48,57)(H,50,54,58). The van der Waals surface area contributed by atoms with Crippen molar-refractivity contribution >= 4 is 58.3 Å². The number of benzene rings is 2. The molecular formula is C42H43N11O10. The Morgan fingerprint density at radius 1 is 0.952 bits per heavy atom. The first kappa shape index (κ1) is 42.2. The summed E-state index contributed by atoms with van der Waals surface area (Å²) in [4.78, 5) is 85.0. The average molecular weight is 862 g/mol. The predicted octanol–water partition coefficient (Wildman–Crippen LogP) is 2.43. The summed E-state index contributed by atoms with van der Waals surface area (Å²) in [6.45, 7) is 1.44. The third kappa shape index (κ3) is 9.85. The number of rotatable bonds is 19. The molecule has 63 heavy (non-hydrogen) atoms. The van der Waals surface area contributed by atoms with Gasteiger partial charge in [-0.1, -0.05) is 12.1 Å². The van der Waals surface area contributed by atoms with Crippen LogP contribution in [0.15, 0.2) is 77.7 Å². The molecule has 3 aromatic heterocycles. The monoisotopic (exact) mass is 861 g/mol. The minimum atomic E-state index is -1.32. The number of hydrogen-bond donors (Lipinski definition) is 7. The highest BCUT2D eigenvalue weighted by molar-refractivity contribution is 6.09. The van der Waals surface area contributed by atoms with Gasteiger partial charge in [0.15, 0.2) is 17.6 Å². The molecule has 2 atom stereocenters. The van der Waals surface area contributed by atoms with E-state index in [0.717, 1.165) is 11.4 Å². The summed E-state index contributed by atoms with van der Waals surface area (Å²) in [6, 6.07) is 14.1. The van der Waals surface area contributed by atoms with Crippen molar-refractivity contribution in [3.63, 3.8) is 0 Å². The normalized spacial score (nSPS) is 17.0. The van der Waals surface area contributed by atoms with E-state index in [1.807, 2.05) is 0 Å². The number of aromatic nitrogens is 4. The van der Waals surface area contributed by atoms with Gasteiger partial charge in [0, 0.05) is 48.2 Å². The molecule has 3 aliphatic rings. The van der Waals surface area contributed by atoms with Crippen molar-refractivity contribution < 1.29 is 47.8 Å². The van der Waals surface area contributed by atoms with Crippen LogP contribution in [0.2, 0.25) is 0 Å². The number of aliphatic hydroxyl groups is 1. The zero-order valence-corrected chi connectivity index (χ0v) is 33.7. The van der Waals surface area contributed by atoms with Gasteiger partial charge in [-0.05, 0) is 67.6 Å². The highest BCUT2D eigenvalue weighted by Crippen LogP contribution is 2.38. The van der Waals surface area contributed by atoms with Crippen LogP contribution in [0.1, 0.15) is 68.8 Å². The van der Waals surface area contributed by atoms with Crippen molar-refractivity contribution in [2.24, 2.45) is 11.7 Å². The van der Waals surface area contributed by atoms with E-state index in [2.05, 4.69) is 41.7 Å². The Morgan fingerprint density at radius 3 is 2.54 bits per heavy atom. The topological polar surface area (TPSA) is 287 Å². The lowest BCUT2D eigenvalue weighted by molar-refractivity contribution is -0.139. The van der Waals surface area contributed by atoms with E-state index < -0.39 is 47.7 Å². The maximum atomic E-state index is 13.3. The molecule has 2 aromatic carbocycles. The fourth-order valence-electron chi connectivity index (χ4n) is 7.07. The van der Waals surface area contributed by atoms with Gasteiger partial charge in [0.25, 0.3) is 17.7 Å². The molecule has 6 amide bonds. The Hall–Kier alpha value is -7.49. The molecule has 21 heteroatoms. The minimum Gasteiger partial charge on any atom is -0.444 e. The number of primary amides is 1. The average Bonchev–Trinajstić information content (AvgIpc) is 3.68. The number of fused-ring (bicyclic) bond motifs is 1. The van der Waals surface area contributed by atoms with Gasteiger partial charge in [0.1, 0.15) is 24.7 Å². The lowest BCUT2D eigenvalue weighted by Gasteiger charge is -2.31. The van der Waals surface area contributed by atoms with Gasteiger partial charge < -0.3 is 46.0 Å². The van der Waals surface area contributed by atoms with Gasteiger partial charge in [-0.2, -0.15) is 5.10 Å². The number of piperidine rings is 1. The molecule has 0 bridgehead atoms. The fraction of sp³-hybridized carbons (Fsp3) is 0.310. The van der Waals surface area contributed by atoms with Crippen LogP contribution in [-0.4, -0.2) is 111 Å². The molecule has 8 N–H and O–H groups in total. The first-order valence-corrected chi connectivity index (χ1v) is 20.2. The van der Waals surface area contributed by atoms with Gasteiger partial charge in [-0.3, -0.25) is 39.0 Å². The first-order valence-electron chi connectivity index (χ1n) is 20.2. The zero-order chi connectivity index (χ0) is 44.0. The summed E-state index contributed by atoms with van der Waals surface area (Å²) >= 11 is 0. The molecule has 8 rings (SSSR count). The van der Waals surface area contributed by atoms with Gasteiger partial charge in [0.2, 0.25) is 23.6 Å². The Balaban J connectivity index is 0.759. The van der Waals surface area contributed by atoms with Crippen molar-refractivity contribution in [2.45, 2.75) is 38.0 Å². The number of pyridine rings is 1. The fourth-order valence-corrected chi connectivity index (χ4v) is 7.07. The summed E-state index contributed by atoms with van der Waals surface area (Å²) in [5.74, 6) is -1.92. The van der Waals surface area contributed by atoms with Crippen molar-refractivity contribution in [1.29, 1.82) is 0 Å². The van der Waals surface area contributed by atoms with Crippen LogP contribution in [0.4, 0.5) is 22.9 Å². The molecule has 5 heterocycles.